The third kappa shape index (κ3) is 3.44. The summed E-state index contributed by atoms with van der Waals surface area (Å²) in [7, 11) is 0. The Morgan fingerprint density at radius 2 is 1.10 bits per heavy atom. The van der Waals surface area contributed by atoms with Crippen molar-refractivity contribution < 1.29 is 0 Å². The third-order valence-corrected chi connectivity index (χ3v) is 8.13. The zero-order valence-electron chi connectivity index (χ0n) is 21.6. The second kappa shape index (κ2) is 8.51. The van der Waals surface area contributed by atoms with Gasteiger partial charge in [-0.2, -0.15) is 0 Å². The van der Waals surface area contributed by atoms with Gasteiger partial charge in [-0.3, -0.25) is 4.98 Å². The first-order chi connectivity index (χ1) is 19.2. The Labute approximate surface area is 227 Å². The van der Waals surface area contributed by atoms with Gasteiger partial charge in [0.15, 0.2) is 0 Å². The van der Waals surface area contributed by atoms with Crippen molar-refractivity contribution >= 4 is 43.1 Å². The van der Waals surface area contributed by atoms with E-state index in [0.29, 0.717) is 0 Å². The number of aromatic nitrogens is 1. The van der Waals surface area contributed by atoms with E-state index in [1.807, 2.05) is 18.5 Å². The highest BCUT2D eigenvalue weighted by Gasteiger charge is 2.17. The van der Waals surface area contributed by atoms with Crippen LogP contribution in [0.15, 0.2) is 134 Å². The van der Waals surface area contributed by atoms with Gasteiger partial charge in [-0.1, -0.05) is 109 Å². The second-order valence-corrected chi connectivity index (χ2v) is 10.5. The van der Waals surface area contributed by atoms with Crippen LogP contribution < -0.4 is 0 Å². The van der Waals surface area contributed by atoms with Crippen LogP contribution in [-0.4, -0.2) is 4.98 Å². The number of hydrogen-bond acceptors (Lipinski definition) is 1. The quantitative estimate of drug-likeness (QED) is 0.222. The van der Waals surface area contributed by atoms with Crippen LogP contribution in [0.25, 0.3) is 76.5 Å². The number of benzene rings is 7. The van der Waals surface area contributed by atoms with Crippen molar-refractivity contribution in [3.05, 3.63) is 139 Å². The largest absolute Gasteiger partial charge is 0.264 e. The minimum absolute atomic E-state index is 1.14. The number of nitrogens with zero attached hydrogens (tertiary/aromatic N) is 1. The van der Waals surface area contributed by atoms with Gasteiger partial charge in [-0.05, 0) is 95.5 Å². The van der Waals surface area contributed by atoms with E-state index in [0.717, 1.165) is 5.56 Å². The van der Waals surface area contributed by atoms with Gasteiger partial charge < -0.3 is 0 Å². The van der Waals surface area contributed by atoms with E-state index < -0.39 is 0 Å². The van der Waals surface area contributed by atoms with Crippen molar-refractivity contribution in [2.24, 2.45) is 0 Å². The van der Waals surface area contributed by atoms with Crippen molar-refractivity contribution in [1.29, 1.82) is 0 Å². The molecule has 0 aliphatic carbocycles. The van der Waals surface area contributed by atoms with Crippen molar-refractivity contribution in [1.82, 2.24) is 4.98 Å². The van der Waals surface area contributed by atoms with E-state index in [9.17, 15) is 0 Å². The SMILES string of the molecule is Cc1cc2ccc3c(-c4ccc(-c5cccc6ccccc56)cc4)cc(-c4cccnc4)c4ccc(c1)c2c34. The van der Waals surface area contributed by atoms with Crippen LogP contribution in [0.5, 0.6) is 0 Å². The molecule has 0 radical (unpaired) electrons. The van der Waals surface area contributed by atoms with Gasteiger partial charge in [0.05, 0.1) is 0 Å². The summed E-state index contributed by atoms with van der Waals surface area (Å²) in [5, 5.41) is 10.4. The molecule has 0 unspecified atom stereocenters. The molecule has 0 aliphatic rings. The molecule has 1 nitrogen and oxygen atoms in total. The molecule has 0 amide bonds. The average Bonchev–Trinajstić information content (AvgIpc) is 2.99. The Morgan fingerprint density at radius 1 is 0.436 bits per heavy atom. The number of rotatable bonds is 3. The lowest BCUT2D eigenvalue weighted by molar-refractivity contribution is 1.33. The minimum Gasteiger partial charge on any atom is -0.264 e. The minimum atomic E-state index is 1.14. The average molecular weight is 496 g/mol. The van der Waals surface area contributed by atoms with E-state index in [-0.39, 0.29) is 0 Å². The molecule has 0 saturated heterocycles. The van der Waals surface area contributed by atoms with Crippen LogP contribution in [-0.2, 0) is 0 Å². The standard InChI is InChI=1S/C38H25N/c1-24-20-28-15-17-33-35(27-13-11-26(12-14-27)32-10-4-7-25-6-2-3-9-31(25)32)22-36(30-8-5-19-39-23-30)34-18-16-29(21-24)37(28)38(33)34/h2-23H,1H3. The first kappa shape index (κ1) is 22.0. The van der Waals surface area contributed by atoms with Crippen molar-refractivity contribution in [3.63, 3.8) is 0 Å². The van der Waals surface area contributed by atoms with E-state index in [1.165, 1.54) is 76.5 Å². The lowest BCUT2D eigenvalue weighted by atomic mass is 9.85. The van der Waals surface area contributed by atoms with Crippen molar-refractivity contribution in [2.45, 2.75) is 6.92 Å². The Bertz CT molecular complexity index is 2130. The first-order valence-corrected chi connectivity index (χ1v) is 13.5. The van der Waals surface area contributed by atoms with Crippen molar-refractivity contribution in [3.8, 4) is 33.4 Å². The molecule has 0 spiro atoms. The third-order valence-electron chi connectivity index (χ3n) is 8.13. The number of aryl methyl sites for hydroxylation is 1. The summed E-state index contributed by atoms with van der Waals surface area (Å²) >= 11 is 0. The fraction of sp³-hybridized carbons (Fsp3) is 0.0263. The van der Waals surface area contributed by atoms with Gasteiger partial charge in [0.25, 0.3) is 0 Å². The summed E-state index contributed by atoms with van der Waals surface area (Å²) < 4.78 is 0. The fourth-order valence-corrected chi connectivity index (χ4v) is 6.38. The maximum atomic E-state index is 4.45. The van der Waals surface area contributed by atoms with Gasteiger partial charge in [0, 0.05) is 18.0 Å². The monoisotopic (exact) mass is 495 g/mol. The summed E-state index contributed by atoms with van der Waals surface area (Å²) in [4.78, 5) is 4.45. The smallest absolute Gasteiger partial charge is 0.0346 e. The molecule has 1 heteroatoms. The summed E-state index contributed by atoms with van der Waals surface area (Å²) in [6, 6.07) is 44.6. The van der Waals surface area contributed by atoms with Gasteiger partial charge >= 0.3 is 0 Å². The summed E-state index contributed by atoms with van der Waals surface area (Å²) in [5.74, 6) is 0. The highest BCUT2D eigenvalue weighted by atomic mass is 14.6. The van der Waals surface area contributed by atoms with E-state index in [4.69, 9.17) is 0 Å². The Kier molecular flexibility index (Phi) is 4.80. The van der Waals surface area contributed by atoms with Gasteiger partial charge in [0.1, 0.15) is 0 Å². The Morgan fingerprint density at radius 3 is 1.82 bits per heavy atom. The van der Waals surface area contributed by atoms with Crippen LogP contribution in [0.3, 0.4) is 0 Å². The molecule has 8 aromatic rings. The second-order valence-electron chi connectivity index (χ2n) is 10.5. The molecule has 8 rings (SSSR count). The fourth-order valence-electron chi connectivity index (χ4n) is 6.38. The lowest BCUT2D eigenvalue weighted by Crippen LogP contribution is -1.92. The number of hydrogen-bond donors (Lipinski definition) is 0. The topological polar surface area (TPSA) is 12.9 Å². The maximum Gasteiger partial charge on any atom is 0.0346 e. The normalized spacial score (nSPS) is 11.7. The van der Waals surface area contributed by atoms with Gasteiger partial charge in [-0.25, -0.2) is 0 Å². The molecule has 0 aliphatic heterocycles. The zero-order chi connectivity index (χ0) is 25.9. The maximum absolute atomic E-state index is 4.45. The van der Waals surface area contributed by atoms with Gasteiger partial charge in [-0.15, -0.1) is 0 Å². The zero-order valence-corrected chi connectivity index (χ0v) is 21.6. The molecule has 1 heterocycles. The van der Waals surface area contributed by atoms with E-state index in [2.05, 4.69) is 127 Å². The predicted molar refractivity (Wildman–Crippen MR) is 166 cm³/mol. The predicted octanol–water partition coefficient (Wildman–Crippen LogP) is 10.4. The Hall–Kier alpha value is -5.01. The van der Waals surface area contributed by atoms with Crippen LogP contribution >= 0.6 is 0 Å². The molecular formula is C38H25N. The molecule has 0 N–H and O–H groups in total. The summed E-state index contributed by atoms with van der Waals surface area (Å²) in [6.45, 7) is 2.18. The Balaban J connectivity index is 1.39. The van der Waals surface area contributed by atoms with E-state index in [1.54, 1.807) is 0 Å². The lowest BCUT2D eigenvalue weighted by Gasteiger charge is -2.18. The molecule has 0 saturated carbocycles. The number of fused-ring (bicyclic) bond motifs is 1. The molecular weight excluding hydrogens is 470 g/mol. The molecule has 39 heavy (non-hydrogen) atoms. The van der Waals surface area contributed by atoms with Crippen LogP contribution in [0.4, 0.5) is 0 Å². The van der Waals surface area contributed by atoms with Crippen LogP contribution in [0.1, 0.15) is 5.56 Å². The molecule has 182 valence electrons. The highest BCUT2D eigenvalue weighted by molar-refractivity contribution is 6.28. The molecule has 0 fully saturated rings. The molecule has 0 bridgehead atoms. The highest BCUT2D eigenvalue weighted by Crippen LogP contribution is 2.44. The summed E-state index contributed by atoms with van der Waals surface area (Å²) in [6.07, 6.45) is 3.82. The summed E-state index contributed by atoms with van der Waals surface area (Å²) in [5.41, 5.74) is 8.62. The van der Waals surface area contributed by atoms with Crippen molar-refractivity contribution in [2.75, 3.05) is 0 Å². The van der Waals surface area contributed by atoms with Gasteiger partial charge in [0.2, 0.25) is 0 Å². The first-order valence-electron chi connectivity index (χ1n) is 13.5. The van der Waals surface area contributed by atoms with Crippen LogP contribution in [0, 0.1) is 6.92 Å². The van der Waals surface area contributed by atoms with Crippen LogP contribution in [0.2, 0.25) is 0 Å². The molecule has 0 atom stereocenters. The number of pyridine rings is 1. The molecule has 1 aromatic heterocycles. The van der Waals surface area contributed by atoms with E-state index >= 15 is 0 Å². The molecule has 7 aromatic carbocycles.